The number of hydrogen-bond donors (Lipinski definition) is 1. The van der Waals surface area contributed by atoms with Crippen molar-refractivity contribution in [2.24, 2.45) is 0 Å². The van der Waals surface area contributed by atoms with E-state index in [1.165, 1.54) is 14.2 Å². The van der Waals surface area contributed by atoms with E-state index in [0.717, 1.165) is 4.47 Å². The van der Waals surface area contributed by atoms with Crippen LogP contribution in [0.3, 0.4) is 0 Å². The summed E-state index contributed by atoms with van der Waals surface area (Å²) >= 11 is 3.26. The van der Waals surface area contributed by atoms with Crippen molar-refractivity contribution in [3.63, 3.8) is 0 Å². The summed E-state index contributed by atoms with van der Waals surface area (Å²) in [5.41, 5.74) is 0.483. The van der Waals surface area contributed by atoms with Gasteiger partial charge in [0.1, 0.15) is 0 Å². The van der Waals surface area contributed by atoms with Gasteiger partial charge in [-0.1, -0.05) is 28.1 Å². The lowest BCUT2D eigenvalue weighted by molar-refractivity contribution is 0.176. The van der Waals surface area contributed by atoms with Crippen molar-refractivity contribution in [1.82, 2.24) is 0 Å². The van der Waals surface area contributed by atoms with Gasteiger partial charge in [-0.05, 0) is 17.7 Å². The molecule has 4 nitrogen and oxygen atoms in total. The van der Waals surface area contributed by atoms with Gasteiger partial charge in [0, 0.05) is 18.7 Å². The van der Waals surface area contributed by atoms with Crippen LogP contribution in [0.15, 0.2) is 28.7 Å². The summed E-state index contributed by atoms with van der Waals surface area (Å²) in [6.07, 6.45) is 0. The quantitative estimate of drug-likeness (QED) is 0.868. The summed E-state index contributed by atoms with van der Waals surface area (Å²) in [5.74, 6) is -1.27. The lowest BCUT2D eigenvalue weighted by atomic mass is 10.2. The Balaban J connectivity index is 3.03. The number of aliphatic hydroxyl groups is 1. The number of hydrogen-bond acceptors (Lipinski definition) is 4. The lowest BCUT2D eigenvalue weighted by Gasteiger charge is -2.19. The topological polar surface area (TPSA) is 55.8 Å². The molecule has 0 saturated heterocycles. The maximum absolute atomic E-state index is 11.9. The second-order valence-corrected chi connectivity index (χ2v) is 6.05. The van der Waals surface area contributed by atoms with Crippen molar-refractivity contribution < 1.29 is 18.7 Å². The molecule has 15 heavy (non-hydrogen) atoms. The summed E-state index contributed by atoms with van der Waals surface area (Å²) in [4.78, 5) is 0. The summed E-state index contributed by atoms with van der Waals surface area (Å²) < 4.78 is 22.1. The van der Waals surface area contributed by atoms with E-state index in [2.05, 4.69) is 15.9 Å². The molecule has 1 aromatic carbocycles. The van der Waals surface area contributed by atoms with Crippen LogP contribution in [0.1, 0.15) is 11.4 Å². The maximum Gasteiger partial charge on any atom is 0.362 e. The van der Waals surface area contributed by atoms with Gasteiger partial charge in [0.15, 0.2) is 5.85 Å². The van der Waals surface area contributed by atoms with E-state index in [9.17, 15) is 9.67 Å². The largest absolute Gasteiger partial charge is 0.376 e. The van der Waals surface area contributed by atoms with Crippen LogP contribution in [0, 0.1) is 0 Å². The molecule has 6 heteroatoms. The average Bonchev–Trinajstić information content (AvgIpc) is 2.27. The summed E-state index contributed by atoms with van der Waals surface area (Å²) in [7, 11) is -0.996. The monoisotopic (exact) mass is 294 g/mol. The fourth-order valence-electron chi connectivity index (χ4n) is 1.12. The Labute approximate surface area is 96.9 Å². The molecule has 0 unspecified atom stereocenters. The van der Waals surface area contributed by atoms with Crippen LogP contribution in [0.25, 0.3) is 0 Å². The minimum atomic E-state index is -3.48. The number of aliphatic hydroxyl groups excluding tert-OH is 1. The second-order valence-electron chi connectivity index (χ2n) is 2.83. The summed E-state index contributed by atoms with van der Waals surface area (Å²) in [6, 6.07) is 6.86. The van der Waals surface area contributed by atoms with Crippen molar-refractivity contribution in [2.75, 3.05) is 14.2 Å². The second kappa shape index (κ2) is 5.23. The third-order valence-corrected chi connectivity index (χ3v) is 4.36. The fourth-order valence-corrected chi connectivity index (χ4v) is 2.62. The highest BCUT2D eigenvalue weighted by Crippen LogP contribution is 2.58. The van der Waals surface area contributed by atoms with Crippen molar-refractivity contribution in [3.05, 3.63) is 34.3 Å². The molecule has 0 amide bonds. The van der Waals surface area contributed by atoms with E-state index < -0.39 is 13.4 Å². The zero-order chi connectivity index (χ0) is 11.5. The van der Waals surface area contributed by atoms with Gasteiger partial charge in [0.25, 0.3) is 0 Å². The van der Waals surface area contributed by atoms with Gasteiger partial charge in [-0.15, -0.1) is 0 Å². The zero-order valence-electron chi connectivity index (χ0n) is 8.38. The van der Waals surface area contributed by atoms with Gasteiger partial charge in [-0.3, -0.25) is 4.57 Å². The molecule has 1 atom stereocenters. The zero-order valence-corrected chi connectivity index (χ0v) is 10.9. The molecule has 0 heterocycles. The lowest BCUT2D eigenvalue weighted by Crippen LogP contribution is -2.02. The van der Waals surface area contributed by atoms with E-state index in [0.29, 0.717) is 5.56 Å². The molecule has 0 radical (unpaired) electrons. The van der Waals surface area contributed by atoms with E-state index in [1.54, 1.807) is 24.3 Å². The molecular formula is C9H12BrO4P. The van der Waals surface area contributed by atoms with Crippen LogP contribution in [-0.4, -0.2) is 19.3 Å². The van der Waals surface area contributed by atoms with Crippen LogP contribution < -0.4 is 0 Å². The molecule has 0 aliphatic rings. The Bertz CT molecular complexity index is 374. The molecule has 0 aliphatic carbocycles. The maximum atomic E-state index is 11.9. The van der Waals surface area contributed by atoms with Crippen LogP contribution in [0.5, 0.6) is 0 Å². The Morgan fingerprint density at radius 3 is 2.47 bits per heavy atom. The molecule has 84 valence electrons. The third-order valence-electron chi connectivity index (χ3n) is 1.96. The van der Waals surface area contributed by atoms with E-state index in [-0.39, 0.29) is 0 Å². The van der Waals surface area contributed by atoms with Crippen molar-refractivity contribution in [3.8, 4) is 0 Å². The smallest absolute Gasteiger partial charge is 0.362 e. The number of halogens is 1. The highest BCUT2D eigenvalue weighted by molar-refractivity contribution is 9.10. The molecule has 0 aromatic heterocycles. The fraction of sp³-hybridized carbons (Fsp3) is 0.333. The van der Waals surface area contributed by atoms with Gasteiger partial charge in [0.2, 0.25) is 0 Å². The van der Waals surface area contributed by atoms with Crippen molar-refractivity contribution in [2.45, 2.75) is 5.85 Å². The van der Waals surface area contributed by atoms with Crippen LogP contribution in [0.2, 0.25) is 0 Å². The summed E-state index contributed by atoms with van der Waals surface area (Å²) in [5, 5.41) is 9.83. The highest BCUT2D eigenvalue weighted by atomic mass is 79.9. The molecular weight excluding hydrogens is 283 g/mol. The average molecular weight is 295 g/mol. The first-order chi connectivity index (χ1) is 7.03. The Kier molecular flexibility index (Phi) is 4.49. The highest BCUT2D eigenvalue weighted by Gasteiger charge is 2.33. The number of benzene rings is 1. The van der Waals surface area contributed by atoms with Crippen LogP contribution in [0.4, 0.5) is 0 Å². The normalized spacial score (nSPS) is 13.9. The Hall–Kier alpha value is -0.190. The van der Waals surface area contributed by atoms with Crippen molar-refractivity contribution in [1.29, 1.82) is 0 Å². The van der Waals surface area contributed by atoms with Gasteiger partial charge < -0.3 is 14.2 Å². The van der Waals surface area contributed by atoms with E-state index in [4.69, 9.17) is 9.05 Å². The predicted molar refractivity (Wildman–Crippen MR) is 60.7 cm³/mol. The molecule has 1 rings (SSSR count). The van der Waals surface area contributed by atoms with Gasteiger partial charge in [-0.25, -0.2) is 0 Å². The number of rotatable bonds is 4. The van der Waals surface area contributed by atoms with E-state index >= 15 is 0 Å². The molecule has 0 spiro atoms. The van der Waals surface area contributed by atoms with E-state index in [1.807, 2.05) is 0 Å². The van der Waals surface area contributed by atoms with Crippen LogP contribution in [-0.2, 0) is 13.6 Å². The molecule has 0 bridgehead atoms. The standard InChI is InChI=1S/C9H12BrO4P/c1-13-15(12,14-2)9(11)7-4-3-5-8(10)6-7/h3-6,9,11H,1-2H3/t9-/m0/s1. The van der Waals surface area contributed by atoms with Gasteiger partial charge in [0.05, 0.1) is 0 Å². The van der Waals surface area contributed by atoms with Gasteiger partial charge in [-0.2, -0.15) is 0 Å². The molecule has 1 aromatic rings. The van der Waals surface area contributed by atoms with Crippen molar-refractivity contribution >= 4 is 23.5 Å². The third kappa shape index (κ3) is 2.89. The van der Waals surface area contributed by atoms with Gasteiger partial charge >= 0.3 is 7.60 Å². The first kappa shape index (κ1) is 12.9. The Morgan fingerprint density at radius 2 is 2.00 bits per heavy atom. The molecule has 0 fully saturated rings. The van der Waals surface area contributed by atoms with Crippen LogP contribution >= 0.6 is 23.5 Å². The summed E-state index contributed by atoms with van der Waals surface area (Å²) in [6.45, 7) is 0. The molecule has 0 aliphatic heterocycles. The first-order valence-corrected chi connectivity index (χ1v) is 6.58. The SMILES string of the molecule is COP(=O)(OC)[C@H](O)c1cccc(Br)c1. The molecule has 0 saturated carbocycles. The minimum Gasteiger partial charge on any atom is -0.376 e. The first-order valence-electron chi connectivity index (χ1n) is 4.18. The Morgan fingerprint density at radius 1 is 1.40 bits per heavy atom. The predicted octanol–water partition coefficient (Wildman–Crippen LogP) is 2.93. The molecule has 1 N–H and O–H groups in total. The minimum absolute atomic E-state index is 0.483.